The van der Waals surface area contributed by atoms with Crippen LogP contribution in [0.15, 0.2) is 82.6 Å². The van der Waals surface area contributed by atoms with Crippen molar-refractivity contribution in [3.8, 4) is 0 Å². The van der Waals surface area contributed by atoms with Gasteiger partial charge in [-0.25, -0.2) is 0 Å². The van der Waals surface area contributed by atoms with Gasteiger partial charge in [-0.3, -0.25) is 9.59 Å². The van der Waals surface area contributed by atoms with Crippen molar-refractivity contribution in [2.45, 2.75) is 45.1 Å². The van der Waals surface area contributed by atoms with Crippen LogP contribution in [0.1, 0.15) is 53.7 Å². The highest BCUT2D eigenvalue weighted by atomic mass is 32.2. The number of anilines is 1. The lowest BCUT2D eigenvalue weighted by atomic mass is 10.1. The van der Waals surface area contributed by atoms with Crippen LogP contribution in [0, 0.1) is 6.92 Å². The zero-order valence-corrected chi connectivity index (χ0v) is 23.4. The smallest absolute Gasteiger partial charge is 0.265 e. The quantitative estimate of drug-likeness (QED) is 0.340. The van der Waals surface area contributed by atoms with Crippen molar-refractivity contribution in [3.63, 3.8) is 0 Å². The first-order valence-electron chi connectivity index (χ1n) is 13.6. The van der Waals surface area contributed by atoms with Gasteiger partial charge < -0.3 is 15.1 Å². The Balaban J connectivity index is 1.46. The number of quaternary nitrogens is 1. The summed E-state index contributed by atoms with van der Waals surface area (Å²) in [6.07, 6.45) is 4.22. The molecule has 1 aliphatic rings. The number of para-hydroxylation sites is 1. The number of amides is 2. The molecule has 0 saturated carbocycles. The fourth-order valence-electron chi connectivity index (χ4n) is 4.83. The second kappa shape index (κ2) is 13.4. The number of hydrogen-bond donors (Lipinski definition) is 2. The van der Waals surface area contributed by atoms with Gasteiger partial charge in [-0.05, 0) is 61.2 Å². The lowest BCUT2D eigenvalue weighted by Crippen LogP contribution is -3.12. The molecule has 3 aromatic rings. The first-order chi connectivity index (χ1) is 18.5. The van der Waals surface area contributed by atoms with Gasteiger partial charge in [0.25, 0.3) is 11.8 Å². The van der Waals surface area contributed by atoms with E-state index in [2.05, 4.69) is 50.4 Å². The summed E-state index contributed by atoms with van der Waals surface area (Å²) >= 11 is 1.50. The normalized spacial score (nSPS) is 14.2. The number of thioether (sulfide) groups is 1. The zero-order valence-electron chi connectivity index (χ0n) is 22.6. The molecule has 2 amide bonds. The number of hydrogen-bond acceptors (Lipinski definition) is 3. The van der Waals surface area contributed by atoms with E-state index in [4.69, 9.17) is 0 Å². The van der Waals surface area contributed by atoms with Gasteiger partial charge in [-0.15, -0.1) is 0 Å². The van der Waals surface area contributed by atoms with Crippen LogP contribution in [0.3, 0.4) is 0 Å². The van der Waals surface area contributed by atoms with E-state index in [0.29, 0.717) is 23.6 Å². The molecule has 0 aromatic heterocycles. The van der Waals surface area contributed by atoms with Crippen LogP contribution in [0.2, 0.25) is 0 Å². The minimum Gasteiger partial charge on any atom is -0.346 e. The minimum absolute atomic E-state index is 0.0109. The average molecular weight is 529 g/mol. The van der Waals surface area contributed by atoms with Crippen LogP contribution in [-0.4, -0.2) is 38.0 Å². The number of rotatable bonds is 11. The molecule has 0 atom stereocenters. The Morgan fingerprint density at radius 1 is 0.947 bits per heavy atom. The predicted octanol–water partition coefficient (Wildman–Crippen LogP) is 5.11. The van der Waals surface area contributed by atoms with E-state index in [9.17, 15) is 9.59 Å². The molecule has 0 saturated heterocycles. The van der Waals surface area contributed by atoms with E-state index in [0.717, 1.165) is 54.2 Å². The van der Waals surface area contributed by atoms with Gasteiger partial charge >= 0.3 is 0 Å². The number of fused-ring (bicyclic) bond motifs is 1. The molecule has 2 N–H and O–H groups in total. The number of carbonyl (C=O) groups is 2. The van der Waals surface area contributed by atoms with Crippen molar-refractivity contribution in [2.24, 2.45) is 0 Å². The second-order valence-electron chi connectivity index (χ2n) is 9.84. The van der Waals surface area contributed by atoms with Crippen LogP contribution in [0.4, 0.5) is 5.69 Å². The summed E-state index contributed by atoms with van der Waals surface area (Å²) in [5, 5.41) is 3.06. The van der Waals surface area contributed by atoms with E-state index in [1.54, 1.807) is 0 Å². The maximum absolute atomic E-state index is 13.6. The summed E-state index contributed by atoms with van der Waals surface area (Å²) in [5.74, 6) is -0.0684. The van der Waals surface area contributed by atoms with E-state index in [1.165, 1.54) is 22.2 Å². The lowest BCUT2D eigenvalue weighted by Gasteiger charge is -2.30. The fraction of sp³-hybridized carbons (Fsp3) is 0.312. The Hall–Kier alpha value is -3.35. The fourth-order valence-corrected chi connectivity index (χ4v) is 5.89. The SMILES string of the molecule is CCC[NH+](CCC)CCNC(=O)c1ccc(C=C2Sc3ccccc3N(Cc3cccc(C)c3)C2=O)cc1. The summed E-state index contributed by atoms with van der Waals surface area (Å²) in [5.41, 5.74) is 4.74. The molecule has 3 aromatic carbocycles. The van der Waals surface area contributed by atoms with Crippen LogP contribution >= 0.6 is 11.8 Å². The van der Waals surface area contributed by atoms with Crippen molar-refractivity contribution in [1.29, 1.82) is 0 Å². The number of benzene rings is 3. The molecular weight excluding hydrogens is 490 g/mol. The van der Waals surface area contributed by atoms with E-state index in [-0.39, 0.29) is 11.8 Å². The van der Waals surface area contributed by atoms with E-state index >= 15 is 0 Å². The predicted molar refractivity (Wildman–Crippen MR) is 158 cm³/mol. The third-order valence-corrected chi connectivity index (χ3v) is 7.77. The van der Waals surface area contributed by atoms with Crippen LogP contribution in [0.25, 0.3) is 6.08 Å². The minimum atomic E-state index is -0.0575. The average Bonchev–Trinajstić information content (AvgIpc) is 2.91. The summed E-state index contributed by atoms with van der Waals surface area (Å²) in [6, 6.07) is 23.8. The molecule has 0 spiro atoms. The molecule has 0 radical (unpaired) electrons. The highest BCUT2D eigenvalue weighted by molar-refractivity contribution is 8.04. The van der Waals surface area contributed by atoms with Gasteiger partial charge in [0.1, 0.15) is 0 Å². The molecule has 5 nitrogen and oxygen atoms in total. The van der Waals surface area contributed by atoms with Gasteiger partial charge in [0, 0.05) is 10.5 Å². The maximum atomic E-state index is 13.6. The Kier molecular flexibility index (Phi) is 9.79. The zero-order chi connectivity index (χ0) is 26.9. The lowest BCUT2D eigenvalue weighted by molar-refractivity contribution is -0.898. The molecule has 0 unspecified atom stereocenters. The Morgan fingerprint density at radius 2 is 1.68 bits per heavy atom. The molecule has 0 aliphatic carbocycles. The van der Waals surface area contributed by atoms with Gasteiger partial charge in [0.05, 0.1) is 43.3 Å². The second-order valence-corrected chi connectivity index (χ2v) is 10.9. The highest BCUT2D eigenvalue weighted by Crippen LogP contribution is 2.42. The number of carbonyl (C=O) groups excluding carboxylic acids is 2. The van der Waals surface area contributed by atoms with Gasteiger partial charge in [0.15, 0.2) is 0 Å². The Morgan fingerprint density at radius 3 is 2.39 bits per heavy atom. The first kappa shape index (κ1) is 27.7. The number of aryl methyl sites for hydroxylation is 1. The summed E-state index contributed by atoms with van der Waals surface area (Å²) < 4.78 is 0. The molecule has 1 heterocycles. The molecule has 4 rings (SSSR count). The monoisotopic (exact) mass is 528 g/mol. The molecule has 38 heavy (non-hydrogen) atoms. The Bertz CT molecular complexity index is 1280. The standard InChI is InChI=1S/C32H37N3O2S/c1-4-18-34(19-5-2)20-17-33-31(36)27-15-13-25(14-16-27)22-30-32(37)35(23-26-10-8-9-24(3)21-26)28-11-6-7-12-29(28)38-30/h6-16,21-22H,4-5,17-20,23H2,1-3H3,(H,33,36)/p+1. The van der Waals surface area contributed by atoms with Crippen molar-refractivity contribution in [2.75, 3.05) is 31.1 Å². The van der Waals surface area contributed by atoms with Crippen molar-refractivity contribution >= 4 is 35.3 Å². The van der Waals surface area contributed by atoms with Crippen LogP contribution in [0.5, 0.6) is 0 Å². The molecule has 0 fully saturated rings. The topological polar surface area (TPSA) is 53.9 Å². The summed E-state index contributed by atoms with van der Waals surface area (Å²) in [7, 11) is 0. The summed E-state index contributed by atoms with van der Waals surface area (Å²) in [6.45, 7) is 10.9. The molecule has 198 valence electrons. The first-order valence-corrected chi connectivity index (χ1v) is 14.4. The van der Waals surface area contributed by atoms with Gasteiger partial charge in [0.2, 0.25) is 0 Å². The third-order valence-electron chi connectivity index (χ3n) is 6.70. The van der Waals surface area contributed by atoms with Gasteiger partial charge in [-0.1, -0.05) is 79.7 Å². The molecule has 0 bridgehead atoms. The summed E-state index contributed by atoms with van der Waals surface area (Å²) in [4.78, 5) is 31.4. The third kappa shape index (κ3) is 7.15. The van der Waals surface area contributed by atoms with Crippen molar-refractivity contribution < 1.29 is 14.5 Å². The maximum Gasteiger partial charge on any atom is 0.265 e. The molecular formula is C32H38N3O2S+. The Labute approximate surface area is 230 Å². The van der Waals surface area contributed by atoms with Crippen LogP contribution < -0.4 is 15.1 Å². The highest BCUT2D eigenvalue weighted by Gasteiger charge is 2.29. The van der Waals surface area contributed by atoms with E-state index in [1.807, 2.05) is 59.5 Å². The largest absolute Gasteiger partial charge is 0.346 e. The van der Waals surface area contributed by atoms with Crippen molar-refractivity contribution in [3.05, 3.63) is 100.0 Å². The van der Waals surface area contributed by atoms with Crippen LogP contribution in [-0.2, 0) is 11.3 Å². The van der Waals surface area contributed by atoms with Crippen molar-refractivity contribution in [1.82, 2.24) is 5.32 Å². The molecule has 1 aliphatic heterocycles. The van der Waals surface area contributed by atoms with Gasteiger partial charge in [-0.2, -0.15) is 0 Å². The van der Waals surface area contributed by atoms with E-state index < -0.39 is 0 Å². The number of nitrogens with one attached hydrogen (secondary N) is 2. The molecule has 6 heteroatoms. The number of nitrogens with zero attached hydrogens (tertiary/aromatic N) is 1.